The van der Waals surface area contributed by atoms with Gasteiger partial charge in [0.1, 0.15) is 5.75 Å². The van der Waals surface area contributed by atoms with E-state index in [1.165, 1.54) is 6.92 Å². The number of ether oxygens (including phenoxy) is 2. The fourth-order valence-electron chi connectivity index (χ4n) is 2.30. The molecule has 1 aliphatic rings. The highest BCUT2D eigenvalue weighted by molar-refractivity contribution is 9.10. The number of carbonyl (C=O) groups is 2. The van der Waals surface area contributed by atoms with Gasteiger partial charge in [0.05, 0.1) is 0 Å². The van der Waals surface area contributed by atoms with Gasteiger partial charge in [0.2, 0.25) is 5.90 Å². The molecule has 5 nitrogen and oxygen atoms in total. The number of aliphatic imine (C=N–C) groups is 1. The number of benzene rings is 2. The fourth-order valence-corrected chi connectivity index (χ4v) is 2.55. The van der Waals surface area contributed by atoms with Crippen molar-refractivity contribution < 1.29 is 19.1 Å². The molecule has 0 aliphatic carbocycles. The van der Waals surface area contributed by atoms with E-state index in [9.17, 15) is 9.59 Å². The van der Waals surface area contributed by atoms with Gasteiger partial charge in [-0.25, -0.2) is 9.79 Å². The third-order valence-corrected chi connectivity index (χ3v) is 4.34. The molecule has 2 aromatic rings. The van der Waals surface area contributed by atoms with Crippen LogP contribution in [-0.4, -0.2) is 17.8 Å². The van der Waals surface area contributed by atoms with E-state index in [-0.39, 0.29) is 11.6 Å². The van der Waals surface area contributed by atoms with Crippen LogP contribution in [0.25, 0.3) is 6.08 Å². The van der Waals surface area contributed by atoms with E-state index < -0.39 is 11.9 Å². The molecule has 25 heavy (non-hydrogen) atoms. The predicted octanol–water partition coefficient (Wildman–Crippen LogP) is 4.03. The van der Waals surface area contributed by atoms with Crippen molar-refractivity contribution >= 4 is 39.8 Å². The van der Waals surface area contributed by atoms with Crippen LogP contribution in [0.2, 0.25) is 0 Å². The minimum atomic E-state index is -0.520. The summed E-state index contributed by atoms with van der Waals surface area (Å²) in [7, 11) is 0. The van der Waals surface area contributed by atoms with E-state index in [4.69, 9.17) is 9.47 Å². The van der Waals surface area contributed by atoms with Crippen molar-refractivity contribution in [2.24, 2.45) is 4.99 Å². The van der Waals surface area contributed by atoms with E-state index >= 15 is 0 Å². The maximum atomic E-state index is 12.1. The summed E-state index contributed by atoms with van der Waals surface area (Å²) in [5, 5.41) is 0. The Kier molecular flexibility index (Phi) is 4.81. The largest absolute Gasteiger partial charge is 0.427 e. The van der Waals surface area contributed by atoms with Crippen molar-refractivity contribution in [1.82, 2.24) is 0 Å². The van der Waals surface area contributed by atoms with Crippen molar-refractivity contribution in [1.29, 1.82) is 0 Å². The quantitative estimate of drug-likeness (QED) is 0.444. The number of carbonyl (C=O) groups excluding carboxylic acids is 2. The van der Waals surface area contributed by atoms with Crippen LogP contribution in [0.15, 0.2) is 57.6 Å². The second-order valence-electron chi connectivity index (χ2n) is 5.47. The molecule has 0 saturated carbocycles. The Balaban J connectivity index is 1.90. The molecule has 0 saturated heterocycles. The molecule has 0 unspecified atom stereocenters. The molecule has 0 bridgehead atoms. The summed E-state index contributed by atoms with van der Waals surface area (Å²) in [4.78, 5) is 27.4. The number of aryl methyl sites for hydroxylation is 1. The predicted molar refractivity (Wildman–Crippen MR) is 97.2 cm³/mol. The summed E-state index contributed by atoms with van der Waals surface area (Å²) < 4.78 is 11.3. The molecule has 126 valence electrons. The minimum absolute atomic E-state index is 0.190. The number of halogens is 1. The highest BCUT2D eigenvalue weighted by atomic mass is 79.9. The van der Waals surface area contributed by atoms with E-state index in [2.05, 4.69) is 20.9 Å². The monoisotopic (exact) mass is 399 g/mol. The lowest BCUT2D eigenvalue weighted by atomic mass is 10.1. The number of nitrogens with zero attached hydrogens (tertiary/aromatic N) is 1. The van der Waals surface area contributed by atoms with Crippen LogP contribution in [-0.2, 0) is 14.3 Å². The molecule has 1 heterocycles. The SMILES string of the molecule is CC(=O)Oc1cccc(C=C2N=C(c3ccc(Br)c(C)c3)OC2=O)c1. The minimum Gasteiger partial charge on any atom is -0.427 e. The molecule has 0 fully saturated rings. The maximum absolute atomic E-state index is 12.1. The van der Waals surface area contributed by atoms with Gasteiger partial charge in [0.15, 0.2) is 5.70 Å². The molecule has 0 atom stereocenters. The number of hydrogen-bond acceptors (Lipinski definition) is 5. The van der Waals surface area contributed by atoms with Crippen molar-refractivity contribution in [3.63, 3.8) is 0 Å². The topological polar surface area (TPSA) is 65.0 Å². The van der Waals surface area contributed by atoms with E-state index in [0.29, 0.717) is 11.3 Å². The molecular formula is C19H14BrNO4. The second-order valence-corrected chi connectivity index (χ2v) is 6.32. The molecule has 0 radical (unpaired) electrons. The number of cyclic esters (lactones) is 1. The molecule has 0 aromatic heterocycles. The second kappa shape index (κ2) is 7.03. The normalized spacial score (nSPS) is 15.1. The summed E-state index contributed by atoms with van der Waals surface area (Å²) in [5.74, 6) is -0.256. The molecule has 0 N–H and O–H groups in total. The Hall–Kier alpha value is -2.73. The first kappa shape index (κ1) is 17.1. The van der Waals surface area contributed by atoms with Crippen molar-refractivity contribution in [2.75, 3.05) is 0 Å². The maximum Gasteiger partial charge on any atom is 0.363 e. The van der Waals surface area contributed by atoms with Gasteiger partial charge in [-0.05, 0) is 54.5 Å². The first-order valence-corrected chi connectivity index (χ1v) is 8.29. The van der Waals surface area contributed by atoms with Crippen LogP contribution in [0.4, 0.5) is 0 Å². The number of esters is 2. The first-order valence-electron chi connectivity index (χ1n) is 7.50. The van der Waals surface area contributed by atoms with Crippen LogP contribution in [0, 0.1) is 6.92 Å². The highest BCUT2D eigenvalue weighted by Gasteiger charge is 2.24. The Labute approximate surface area is 153 Å². The van der Waals surface area contributed by atoms with Gasteiger partial charge in [0, 0.05) is 17.0 Å². The van der Waals surface area contributed by atoms with Gasteiger partial charge in [-0.15, -0.1) is 0 Å². The molecular weight excluding hydrogens is 386 g/mol. The average molecular weight is 400 g/mol. The molecule has 6 heteroatoms. The van der Waals surface area contributed by atoms with Crippen LogP contribution in [0.3, 0.4) is 0 Å². The van der Waals surface area contributed by atoms with Gasteiger partial charge in [0.25, 0.3) is 0 Å². The van der Waals surface area contributed by atoms with Gasteiger partial charge in [-0.3, -0.25) is 4.79 Å². The summed E-state index contributed by atoms with van der Waals surface area (Å²) in [6.07, 6.45) is 1.59. The van der Waals surface area contributed by atoms with E-state index in [1.807, 2.05) is 25.1 Å². The lowest BCUT2D eigenvalue weighted by Gasteiger charge is -2.02. The fraction of sp³-hybridized carbons (Fsp3) is 0.105. The Morgan fingerprint density at radius 1 is 1.24 bits per heavy atom. The van der Waals surface area contributed by atoms with Crippen molar-refractivity contribution in [2.45, 2.75) is 13.8 Å². The Morgan fingerprint density at radius 3 is 2.76 bits per heavy atom. The Morgan fingerprint density at radius 2 is 2.04 bits per heavy atom. The van der Waals surface area contributed by atoms with Crippen molar-refractivity contribution in [3.05, 3.63) is 69.3 Å². The molecule has 1 aliphatic heterocycles. The third kappa shape index (κ3) is 4.03. The van der Waals surface area contributed by atoms with E-state index in [0.717, 1.165) is 15.6 Å². The first-order chi connectivity index (χ1) is 11.9. The lowest BCUT2D eigenvalue weighted by Crippen LogP contribution is -2.05. The van der Waals surface area contributed by atoms with Crippen LogP contribution >= 0.6 is 15.9 Å². The van der Waals surface area contributed by atoms with E-state index in [1.54, 1.807) is 30.3 Å². The third-order valence-electron chi connectivity index (χ3n) is 3.45. The average Bonchev–Trinajstić information content (AvgIpc) is 2.91. The summed E-state index contributed by atoms with van der Waals surface area (Å²) in [6.45, 7) is 3.28. The smallest absolute Gasteiger partial charge is 0.363 e. The van der Waals surface area contributed by atoms with Gasteiger partial charge in [-0.1, -0.05) is 28.1 Å². The van der Waals surface area contributed by atoms with Crippen molar-refractivity contribution in [3.8, 4) is 5.75 Å². The summed E-state index contributed by atoms with van der Waals surface area (Å²) in [5.41, 5.74) is 2.62. The number of rotatable bonds is 3. The zero-order valence-electron chi connectivity index (χ0n) is 13.6. The van der Waals surface area contributed by atoms with Gasteiger partial charge >= 0.3 is 11.9 Å². The number of hydrogen-bond donors (Lipinski definition) is 0. The molecule has 0 amide bonds. The summed E-state index contributed by atoms with van der Waals surface area (Å²) in [6, 6.07) is 12.4. The summed E-state index contributed by atoms with van der Waals surface area (Å²) >= 11 is 3.43. The molecule has 0 spiro atoms. The van der Waals surface area contributed by atoms with Crippen LogP contribution < -0.4 is 4.74 Å². The standard InChI is InChI=1S/C19H14BrNO4/c1-11-8-14(6-7-16(11)20)18-21-17(19(23)25-18)10-13-4-3-5-15(9-13)24-12(2)22/h3-10H,1-2H3. The van der Waals surface area contributed by atoms with Gasteiger partial charge in [-0.2, -0.15) is 0 Å². The molecule has 2 aromatic carbocycles. The Bertz CT molecular complexity index is 931. The van der Waals surface area contributed by atoms with Crippen LogP contribution in [0.1, 0.15) is 23.6 Å². The van der Waals surface area contributed by atoms with Crippen LogP contribution in [0.5, 0.6) is 5.75 Å². The highest BCUT2D eigenvalue weighted by Crippen LogP contribution is 2.23. The molecule has 3 rings (SSSR count). The lowest BCUT2D eigenvalue weighted by molar-refractivity contribution is -0.132. The zero-order chi connectivity index (χ0) is 18.0. The van der Waals surface area contributed by atoms with Gasteiger partial charge < -0.3 is 9.47 Å². The zero-order valence-corrected chi connectivity index (χ0v) is 15.2.